The third kappa shape index (κ3) is 7.59. The maximum absolute atomic E-state index is 12.2. The number of oxime groups is 2. The molecule has 0 atom stereocenters. The lowest BCUT2D eigenvalue weighted by molar-refractivity contribution is -0.133. The SMILES string of the molecule is CO/C=C(/C(=O)OC)c1ccccc1CO/N=C(C)/C(=N/OC)c1ccc(Nc2ccc(Cl)cc2)cc1. The number of anilines is 2. The van der Waals surface area contributed by atoms with Gasteiger partial charge in [-0.25, -0.2) is 4.79 Å². The van der Waals surface area contributed by atoms with Crippen LogP contribution in [0.4, 0.5) is 11.4 Å². The van der Waals surface area contributed by atoms with Crippen molar-refractivity contribution >= 4 is 45.9 Å². The molecule has 0 bridgehead atoms. The van der Waals surface area contributed by atoms with Crippen LogP contribution in [0.25, 0.3) is 5.57 Å². The van der Waals surface area contributed by atoms with Crippen molar-refractivity contribution in [2.24, 2.45) is 10.3 Å². The quantitative estimate of drug-likeness (QED) is 0.106. The third-order valence-corrected chi connectivity index (χ3v) is 5.44. The molecule has 1 N–H and O–H groups in total. The van der Waals surface area contributed by atoms with E-state index in [0.717, 1.165) is 22.5 Å². The summed E-state index contributed by atoms with van der Waals surface area (Å²) in [5.41, 5.74) is 5.28. The topological polar surface area (TPSA) is 90.7 Å². The highest BCUT2D eigenvalue weighted by Gasteiger charge is 2.17. The highest BCUT2D eigenvalue weighted by atomic mass is 35.5. The Bertz CT molecular complexity index is 1290. The number of benzene rings is 3. The van der Waals surface area contributed by atoms with Gasteiger partial charge in [-0.1, -0.05) is 58.3 Å². The van der Waals surface area contributed by atoms with Gasteiger partial charge in [-0.2, -0.15) is 0 Å². The summed E-state index contributed by atoms with van der Waals surface area (Å²) in [4.78, 5) is 22.9. The average molecular weight is 522 g/mol. The zero-order valence-corrected chi connectivity index (χ0v) is 21.8. The largest absolute Gasteiger partial charge is 0.503 e. The van der Waals surface area contributed by atoms with Crippen LogP contribution in [-0.2, 0) is 30.6 Å². The van der Waals surface area contributed by atoms with Crippen LogP contribution < -0.4 is 5.32 Å². The van der Waals surface area contributed by atoms with Gasteiger partial charge in [-0.15, -0.1) is 0 Å². The van der Waals surface area contributed by atoms with Crippen LogP contribution in [0.2, 0.25) is 5.02 Å². The minimum atomic E-state index is -0.516. The van der Waals surface area contributed by atoms with Crippen molar-refractivity contribution in [3.8, 4) is 0 Å². The molecule has 0 spiro atoms. The van der Waals surface area contributed by atoms with Crippen LogP contribution in [0, 0.1) is 0 Å². The summed E-state index contributed by atoms with van der Waals surface area (Å²) in [5, 5.41) is 12.4. The summed E-state index contributed by atoms with van der Waals surface area (Å²) < 4.78 is 9.94. The number of halogens is 1. The van der Waals surface area contributed by atoms with Crippen LogP contribution in [0.15, 0.2) is 89.4 Å². The van der Waals surface area contributed by atoms with E-state index in [1.807, 2.05) is 66.7 Å². The second-order valence-corrected chi connectivity index (χ2v) is 8.13. The number of ether oxygens (including phenoxy) is 2. The number of nitrogens with zero attached hydrogens (tertiary/aromatic N) is 2. The van der Waals surface area contributed by atoms with E-state index in [0.29, 0.717) is 22.0 Å². The van der Waals surface area contributed by atoms with Gasteiger partial charge < -0.3 is 24.5 Å². The van der Waals surface area contributed by atoms with E-state index < -0.39 is 5.97 Å². The average Bonchev–Trinajstić information content (AvgIpc) is 2.92. The van der Waals surface area contributed by atoms with Gasteiger partial charge in [0.25, 0.3) is 0 Å². The van der Waals surface area contributed by atoms with Crippen molar-refractivity contribution in [1.29, 1.82) is 0 Å². The van der Waals surface area contributed by atoms with Crippen molar-refractivity contribution in [2.75, 3.05) is 26.6 Å². The van der Waals surface area contributed by atoms with Gasteiger partial charge in [0.15, 0.2) is 0 Å². The number of rotatable bonds is 11. The Hall–Kier alpha value is -4.30. The van der Waals surface area contributed by atoms with Gasteiger partial charge in [0.05, 0.1) is 20.5 Å². The molecule has 8 nitrogen and oxygen atoms in total. The Morgan fingerprint density at radius 1 is 0.919 bits per heavy atom. The van der Waals surface area contributed by atoms with Gasteiger partial charge in [0.1, 0.15) is 30.7 Å². The molecule has 0 aliphatic rings. The van der Waals surface area contributed by atoms with Gasteiger partial charge in [0, 0.05) is 27.5 Å². The van der Waals surface area contributed by atoms with E-state index in [2.05, 4.69) is 15.6 Å². The molecule has 3 aromatic carbocycles. The van der Waals surface area contributed by atoms with E-state index in [4.69, 9.17) is 30.7 Å². The summed E-state index contributed by atoms with van der Waals surface area (Å²) in [6.45, 7) is 1.88. The summed E-state index contributed by atoms with van der Waals surface area (Å²) >= 11 is 5.95. The highest BCUT2D eigenvalue weighted by Crippen LogP contribution is 2.22. The lowest BCUT2D eigenvalue weighted by Gasteiger charge is -2.11. The monoisotopic (exact) mass is 521 g/mol. The van der Waals surface area contributed by atoms with Gasteiger partial charge >= 0.3 is 5.97 Å². The molecule has 0 saturated heterocycles. The van der Waals surface area contributed by atoms with Gasteiger partial charge in [-0.05, 0) is 48.9 Å². The minimum Gasteiger partial charge on any atom is -0.503 e. The van der Waals surface area contributed by atoms with Crippen LogP contribution in [0.5, 0.6) is 0 Å². The Morgan fingerprint density at radius 2 is 1.57 bits per heavy atom. The predicted octanol–water partition coefficient (Wildman–Crippen LogP) is 6.19. The fraction of sp³-hybridized carbons (Fsp3) is 0.179. The summed E-state index contributed by atoms with van der Waals surface area (Å²) in [6.07, 6.45) is 1.34. The molecular formula is C28H28ClN3O5. The second-order valence-electron chi connectivity index (χ2n) is 7.70. The molecule has 0 unspecified atom stereocenters. The lowest BCUT2D eigenvalue weighted by atomic mass is 10.0. The summed E-state index contributed by atoms with van der Waals surface area (Å²) in [5.74, 6) is -0.516. The van der Waals surface area contributed by atoms with Crippen molar-refractivity contribution in [1.82, 2.24) is 0 Å². The molecule has 0 aliphatic heterocycles. The van der Waals surface area contributed by atoms with E-state index in [1.54, 1.807) is 13.0 Å². The molecule has 0 radical (unpaired) electrons. The third-order valence-electron chi connectivity index (χ3n) is 5.19. The first-order valence-electron chi connectivity index (χ1n) is 11.3. The van der Waals surface area contributed by atoms with E-state index in [1.165, 1.54) is 27.6 Å². The number of carbonyl (C=O) groups excluding carboxylic acids is 1. The normalized spacial score (nSPS) is 12.1. The predicted molar refractivity (Wildman–Crippen MR) is 146 cm³/mol. The summed E-state index contributed by atoms with van der Waals surface area (Å²) in [7, 11) is 4.25. The van der Waals surface area contributed by atoms with E-state index >= 15 is 0 Å². The molecule has 0 fully saturated rings. The van der Waals surface area contributed by atoms with Crippen molar-refractivity contribution in [3.05, 3.63) is 101 Å². The van der Waals surface area contributed by atoms with Crippen LogP contribution in [0.1, 0.15) is 23.6 Å². The zero-order chi connectivity index (χ0) is 26.6. The number of carbonyl (C=O) groups is 1. The lowest BCUT2D eigenvalue weighted by Crippen LogP contribution is -2.13. The molecule has 3 rings (SSSR count). The maximum Gasteiger partial charge on any atom is 0.341 e. The Balaban J connectivity index is 1.74. The molecule has 9 heteroatoms. The number of hydrogen-bond donors (Lipinski definition) is 1. The molecule has 0 saturated carbocycles. The Kier molecular flexibility index (Phi) is 10.1. The van der Waals surface area contributed by atoms with E-state index in [-0.39, 0.29) is 12.2 Å². The fourth-order valence-electron chi connectivity index (χ4n) is 3.43. The van der Waals surface area contributed by atoms with Crippen LogP contribution in [0.3, 0.4) is 0 Å². The molecular weight excluding hydrogens is 494 g/mol. The molecule has 192 valence electrons. The molecule has 0 aromatic heterocycles. The number of hydrogen-bond acceptors (Lipinski definition) is 8. The first-order valence-corrected chi connectivity index (χ1v) is 11.6. The van der Waals surface area contributed by atoms with Crippen molar-refractivity contribution in [3.63, 3.8) is 0 Å². The molecule has 0 heterocycles. The van der Waals surface area contributed by atoms with Crippen LogP contribution >= 0.6 is 11.6 Å². The number of nitrogens with one attached hydrogen (secondary N) is 1. The van der Waals surface area contributed by atoms with Crippen LogP contribution in [-0.4, -0.2) is 38.7 Å². The summed E-state index contributed by atoms with van der Waals surface area (Å²) in [6, 6.07) is 22.4. The molecule has 37 heavy (non-hydrogen) atoms. The van der Waals surface area contributed by atoms with E-state index in [9.17, 15) is 4.79 Å². The highest BCUT2D eigenvalue weighted by molar-refractivity contribution is 6.47. The fourth-order valence-corrected chi connectivity index (χ4v) is 3.56. The maximum atomic E-state index is 12.2. The van der Waals surface area contributed by atoms with Crippen molar-refractivity contribution < 1.29 is 23.9 Å². The molecule has 3 aromatic rings. The second kappa shape index (κ2) is 13.7. The zero-order valence-electron chi connectivity index (χ0n) is 21.0. The first kappa shape index (κ1) is 27.3. The number of esters is 1. The standard InChI is InChI=1S/C28H28ClN3O5/c1-19(31-37-17-21-7-5-6-8-25(21)26(18-34-2)28(33)35-3)27(32-36-4)20-9-13-23(14-10-20)30-24-15-11-22(29)12-16-24/h5-16,18,30H,17H2,1-4H3/b26-18+,31-19+,32-27-. The number of methoxy groups -OCH3 is 2. The molecule has 0 amide bonds. The Labute approximate surface area is 221 Å². The smallest absolute Gasteiger partial charge is 0.341 e. The van der Waals surface area contributed by atoms with Gasteiger partial charge in [0.2, 0.25) is 0 Å². The van der Waals surface area contributed by atoms with Crippen molar-refractivity contribution in [2.45, 2.75) is 13.5 Å². The molecule has 0 aliphatic carbocycles. The first-order chi connectivity index (χ1) is 18.0. The Morgan fingerprint density at radius 3 is 2.19 bits per heavy atom. The van der Waals surface area contributed by atoms with Gasteiger partial charge in [-0.3, -0.25) is 0 Å². The minimum absolute atomic E-state index is 0.107.